The Kier molecular flexibility index (Phi) is 1.72. The molecule has 3 heteroatoms. The lowest BCUT2D eigenvalue weighted by atomic mass is 10.1. The van der Waals surface area contributed by atoms with E-state index in [2.05, 4.69) is 0 Å². The predicted octanol–water partition coefficient (Wildman–Crippen LogP) is 0.373. The molecule has 0 N–H and O–H groups in total. The normalized spacial score (nSPS) is 19.3. The molecule has 3 nitrogen and oxygen atoms in total. The molecule has 1 atom stereocenters. The van der Waals surface area contributed by atoms with Gasteiger partial charge in [-0.1, -0.05) is 0 Å². The maximum absolute atomic E-state index is 10.5. The fraction of sp³-hybridized carbons (Fsp3) is 0.300. The standard InChI is InChI=1S/C10H10O3/c1-6-4-8-5-7(10(11)12)2-3-9(8)13-6/h2-3,5-6H,4H2,1H3,(H,11,12)/p-1. The van der Waals surface area contributed by atoms with Crippen LogP contribution in [-0.4, -0.2) is 12.1 Å². The summed E-state index contributed by atoms with van der Waals surface area (Å²) in [6.07, 6.45) is 0.920. The van der Waals surface area contributed by atoms with Crippen LogP contribution in [0.5, 0.6) is 5.75 Å². The Bertz CT molecular complexity index is 357. The van der Waals surface area contributed by atoms with Crippen LogP contribution in [0.4, 0.5) is 0 Å². The zero-order valence-corrected chi connectivity index (χ0v) is 7.24. The SMILES string of the molecule is CC1Cc2cc(C(=O)[O-])ccc2O1. The zero-order chi connectivity index (χ0) is 9.42. The minimum atomic E-state index is -1.14. The molecule has 0 saturated carbocycles. The number of rotatable bonds is 1. The summed E-state index contributed by atoms with van der Waals surface area (Å²) in [7, 11) is 0. The van der Waals surface area contributed by atoms with E-state index in [1.165, 1.54) is 6.07 Å². The molecule has 0 spiro atoms. The van der Waals surface area contributed by atoms with Gasteiger partial charge in [0.2, 0.25) is 0 Å². The molecule has 13 heavy (non-hydrogen) atoms. The second-order valence-electron chi connectivity index (χ2n) is 3.24. The summed E-state index contributed by atoms with van der Waals surface area (Å²) in [5.41, 5.74) is 1.17. The van der Waals surface area contributed by atoms with Gasteiger partial charge in [0.1, 0.15) is 11.9 Å². The van der Waals surface area contributed by atoms with Crippen LogP contribution in [0.1, 0.15) is 22.8 Å². The summed E-state index contributed by atoms with van der Waals surface area (Å²) in [6.45, 7) is 1.96. The number of carboxylic acid groups (broad SMARTS) is 1. The van der Waals surface area contributed by atoms with Crippen molar-refractivity contribution in [2.75, 3.05) is 0 Å². The molecular weight excluding hydrogens is 168 g/mol. The first kappa shape index (κ1) is 8.10. The molecule has 1 aromatic carbocycles. The number of carbonyl (C=O) groups excluding carboxylic acids is 1. The second-order valence-corrected chi connectivity index (χ2v) is 3.24. The first-order valence-corrected chi connectivity index (χ1v) is 4.18. The maximum Gasteiger partial charge on any atom is 0.123 e. The van der Waals surface area contributed by atoms with Gasteiger partial charge in [-0.05, 0) is 36.2 Å². The first-order valence-electron chi connectivity index (χ1n) is 4.18. The highest BCUT2D eigenvalue weighted by atomic mass is 16.5. The largest absolute Gasteiger partial charge is 0.545 e. The van der Waals surface area contributed by atoms with Gasteiger partial charge in [-0.15, -0.1) is 0 Å². The number of fused-ring (bicyclic) bond motifs is 1. The van der Waals surface area contributed by atoms with E-state index in [1.54, 1.807) is 12.1 Å². The molecule has 2 rings (SSSR count). The van der Waals surface area contributed by atoms with Gasteiger partial charge in [-0.25, -0.2) is 0 Å². The number of hydrogen-bond donors (Lipinski definition) is 0. The van der Waals surface area contributed by atoms with Crippen molar-refractivity contribution in [2.45, 2.75) is 19.4 Å². The predicted molar refractivity (Wildman–Crippen MR) is 44.6 cm³/mol. The van der Waals surface area contributed by atoms with Gasteiger partial charge in [0.15, 0.2) is 0 Å². The van der Waals surface area contributed by atoms with Gasteiger partial charge in [0, 0.05) is 6.42 Å². The van der Waals surface area contributed by atoms with Crippen molar-refractivity contribution in [3.05, 3.63) is 29.3 Å². The number of ether oxygens (including phenoxy) is 1. The average Bonchev–Trinajstić information content (AvgIpc) is 2.42. The molecule has 0 amide bonds. The highest BCUT2D eigenvalue weighted by Crippen LogP contribution is 2.29. The molecule has 1 aromatic rings. The van der Waals surface area contributed by atoms with Crippen molar-refractivity contribution in [3.63, 3.8) is 0 Å². The number of hydrogen-bond acceptors (Lipinski definition) is 3. The molecule has 68 valence electrons. The second kappa shape index (κ2) is 2.76. The van der Waals surface area contributed by atoms with Crippen LogP contribution in [0.3, 0.4) is 0 Å². The maximum atomic E-state index is 10.5. The number of aromatic carboxylic acids is 1. The molecule has 1 aliphatic rings. The topological polar surface area (TPSA) is 49.4 Å². The van der Waals surface area contributed by atoms with Gasteiger partial charge in [0.05, 0.1) is 5.97 Å². The molecular formula is C10H9O3-. The van der Waals surface area contributed by atoms with E-state index in [4.69, 9.17) is 4.74 Å². The van der Waals surface area contributed by atoms with Crippen molar-refractivity contribution in [2.24, 2.45) is 0 Å². The average molecular weight is 177 g/mol. The first-order chi connectivity index (χ1) is 6.16. The van der Waals surface area contributed by atoms with Crippen LogP contribution >= 0.6 is 0 Å². The van der Waals surface area contributed by atoms with Crippen molar-refractivity contribution in [1.82, 2.24) is 0 Å². The lowest BCUT2D eigenvalue weighted by Crippen LogP contribution is -2.22. The Morgan fingerprint density at radius 3 is 3.08 bits per heavy atom. The van der Waals surface area contributed by atoms with Crippen molar-refractivity contribution in [3.8, 4) is 5.75 Å². The summed E-state index contributed by atoms with van der Waals surface area (Å²) in [5.74, 6) is -0.347. The Morgan fingerprint density at radius 1 is 1.62 bits per heavy atom. The third-order valence-electron chi connectivity index (χ3n) is 2.13. The summed E-state index contributed by atoms with van der Waals surface area (Å²) in [6, 6.07) is 4.81. The monoisotopic (exact) mass is 177 g/mol. The third-order valence-corrected chi connectivity index (χ3v) is 2.13. The van der Waals surface area contributed by atoms with E-state index >= 15 is 0 Å². The number of carboxylic acids is 1. The van der Waals surface area contributed by atoms with Crippen LogP contribution in [-0.2, 0) is 6.42 Å². The van der Waals surface area contributed by atoms with Crippen LogP contribution < -0.4 is 9.84 Å². The Labute approximate surface area is 76.0 Å². The molecule has 0 fully saturated rings. The molecule has 0 saturated heterocycles. The van der Waals surface area contributed by atoms with Crippen molar-refractivity contribution in [1.29, 1.82) is 0 Å². The highest BCUT2D eigenvalue weighted by Gasteiger charge is 2.18. The van der Waals surface area contributed by atoms with Gasteiger partial charge in [-0.2, -0.15) is 0 Å². The Morgan fingerprint density at radius 2 is 2.38 bits per heavy atom. The van der Waals surface area contributed by atoms with Crippen molar-refractivity contribution < 1.29 is 14.6 Å². The van der Waals surface area contributed by atoms with E-state index in [0.29, 0.717) is 0 Å². The van der Waals surface area contributed by atoms with E-state index < -0.39 is 5.97 Å². The summed E-state index contributed by atoms with van der Waals surface area (Å²) in [5, 5.41) is 10.5. The number of benzene rings is 1. The van der Waals surface area contributed by atoms with Gasteiger partial charge in [-0.3, -0.25) is 0 Å². The van der Waals surface area contributed by atoms with Gasteiger partial charge in [0.25, 0.3) is 0 Å². The quantitative estimate of drug-likeness (QED) is 0.622. The number of carbonyl (C=O) groups is 1. The Hall–Kier alpha value is -1.51. The summed E-state index contributed by atoms with van der Waals surface area (Å²) >= 11 is 0. The van der Waals surface area contributed by atoms with Crippen LogP contribution in [0.25, 0.3) is 0 Å². The molecule has 1 heterocycles. The molecule has 0 radical (unpaired) electrons. The lowest BCUT2D eigenvalue weighted by molar-refractivity contribution is -0.255. The third kappa shape index (κ3) is 1.37. The van der Waals surface area contributed by atoms with Crippen LogP contribution in [0.15, 0.2) is 18.2 Å². The minimum absolute atomic E-state index is 0.145. The van der Waals surface area contributed by atoms with E-state index in [0.717, 1.165) is 17.7 Å². The molecule has 1 aliphatic heterocycles. The highest BCUT2D eigenvalue weighted by molar-refractivity contribution is 5.86. The molecule has 0 aliphatic carbocycles. The van der Waals surface area contributed by atoms with Gasteiger partial charge < -0.3 is 14.6 Å². The van der Waals surface area contributed by atoms with E-state index in [9.17, 15) is 9.90 Å². The zero-order valence-electron chi connectivity index (χ0n) is 7.24. The molecule has 0 bridgehead atoms. The fourth-order valence-corrected chi connectivity index (χ4v) is 1.55. The van der Waals surface area contributed by atoms with Crippen LogP contribution in [0, 0.1) is 0 Å². The molecule has 1 unspecified atom stereocenters. The summed E-state index contributed by atoms with van der Waals surface area (Å²) in [4.78, 5) is 10.5. The summed E-state index contributed by atoms with van der Waals surface area (Å²) < 4.78 is 5.43. The van der Waals surface area contributed by atoms with Gasteiger partial charge >= 0.3 is 0 Å². The Balaban J connectivity index is 2.40. The smallest absolute Gasteiger partial charge is 0.123 e. The molecule has 0 aromatic heterocycles. The minimum Gasteiger partial charge on any atom is -0.545 e. The van der Waals surface area contributed by atoms with E-state index in [-0.39, 0.29) is 11.7 Å². The van der Waals surface area contributed by atoms with E-state index in [1.807, 2.05) is 6.92 Å². The fourth-order valence-electron chi connectivity index (χ4n) is 1.55. The van der Waals surface area contributed by atoms with Crippen molar-refractivity contribution >= 4 is 5.97 Å². The lowest BCUT2D eigenvalue weighted by Gasteiger charge is -2.04. The van der Waals surface area contributed by atoms with Crippen LogP contribution in [0.2, 0.25) is 0 Å².